The number of hydrogen-bond acceptors (Lipinski definition) is 3. The molecule has 0 aromatic heterocycles. The minimum Gasteiger partial charge on any atom is -0.326 e. The summed E-state index contributed by atoms with van der Waals surface area (Å²) in [7, 11) is 0. The third-order valence-electron chi connectivity index (χ3n) is 2.22. The van der Waals surface area contributed by atoms with Gasteiger partial charge in [0.15, 0.2) is 0 Å². The molecular weight excluding hydrogens is 204 g/mol. The Morgan fingerprint density at radius 3 is 2.40 bits per heavy atom. The molecule has 0 aliphatic carbocycles. The van der Waals surface area contributed by atoms with E-state index in [1.807, 2.05) is 25.3 Å². The maximum absolute atomic E-state index is 5.55. The molecule has 0 aliphatic rings. The molecule has 1 aromatic rings. The average molecular weight is 220 g/mol. The number of allylic oxidation sites excluding steroid dienone is 1. The molecule has 15 heavy (non-hydrogen) atoms. The molecule has 1 aromatic carbocycles. The molecule has 0 fully saturated rings. The third kappa shape index (κ3) is 2.94. The first-order valence-corrected chi connectivity index (χ1v) is 5.96. The lowest BCUT2D eigenvalue weighted by Crippen LogP contribution is -1.95. The topological polar surface area (TPSA) is 38.4 Å². The highest BCUT2D eigenvalue weighted by Crippen LogP contribution is 2.29. The van der Waals surface area contributed by atoms with Gasteiger partial charge in [-0.15, -0.1) is 11.8 Å². The Hall–Kier alpha value is -1.06. The van der Waals surface area contributed by atoms with Gasteiger partial charge in [-0.05, 0) is 31.0 Å². The molecule has 0 amide bonds. The smallest absolute Gasteiger partial charge is 0.0506 e. The zero-order valence-electron chi connectivity index (χ0n) is 9.16. The Balaban J connectivity index is 3.09. The van der Waals surface area contributed by atoms with Crippen LogP contribution in [-0.2, 0) is 6.54 Å². The van der Waals surface area contributed by atoms with Crippen molar-refractivity contribution < 1.29 is 0 Å². The van der Waals surface area contributed by atoms with Crippen LogP contribution >= 0.6 is 11.8 Å². The summed E-state index contributed by atoms with van der Waals surface area (Å²) in [5.41, 5.74) is 8.82. The van der Waals surface area contributed by atoms with Gasteiger partial charge in [0.05, 0.1) is 5.70 Å². The molecule has 0 saturated carbocycles. The standard InChI is InChI=1S/C12H16N2S/c1-9(14-2)12(15-3)11-6-4-10(8-13)5-7-11/h4-7H,2,8,13H2,1,3H3/b12-9-. The molecule has 0 heterocycles. The number of nitrogens with two attached hydrogens (primary N) is 1. The van der Waals surface area contributed by atoms with Crippen molar-refractivity contribution in [3.8, 4) is 0 Å². The number of aliphatic imine (C=N–C) groups is 1. The van der Waals surface area contributed by atoms with Crippen molar-refractivity contribution in [3.05, 3.63) is 41.1 Å². The zero-order valence-corrected chi connectivity index (χ0v) is 9.97. The Morgan fingerprint density at radius 2 is 2.00 bits per heavy atom. The minimum atomic E-state index is 0.581. The van der Waals surface area contributed by atoms with E-state index < -0.39 is 0 Å². The first kappa shape index (κ1) is 12.0. The van der Waals surface area contributed by atoms with Crippen LogP contribution in [0.1, 0.15) is 18.1 Å². The van der Waals surface area contributed by atoms with Crippen LogP contribution in [0.15, 0.2) is 35.0 Å². The van der Waals surface area contributed by atoms with Gasteiger partial charge in [-0.2, -0.15) is 0 Å². The van der Waals surface area contributed by atoms with Crippen molar-refractivity contribution >= 4 is 23.4 Å². The molecule has 0 unspecified atom stereocenters. The van der Waals surface area contributed by atoms with Crippen molar-refractivity contribution in [2.45, 2.75) is 13.5 Å². The van der Waals surface area contributed by atoms with E-state index in [4.69, 9.17) is 5.73 Å². The van der Waals surface area contributed by atoms with E-state index in [0.717, 1.165) is 16.2 Å². The number of nitrogens with zero attached hydrogens (tertiary/aromatic N) is 1. The Bertz CT molecular complexity index is 366. The van der Waals surface area contributed by atoms with Gasteiger partial charge in [-0.25, -0.2) is 0 Å². The van der Waals surface area contributed by atoms with E-state index in [1.165, 1.54) is 5.56 Å². The second kappa shape index (κ2) is 5.73. The van der Waals surface area contributed by atoms with Crippen LogP contribution in [-0.4, -0.2) is 13.0 Å². The monoisotopic (exact) mass is 220 g/mol. The van der Waals surface area contributed by atoms with Crippen LogP contribution in [0, 0.1) is 0 Å². The summed E-state index contributed by atoms with van der Waals surface area (Å²) in [4.78, 5) is 5.12. The van der Waals surface area contributed by atoms with E-state index in [2.05, 4.69) is 23.8 Å². The maximum Gasteiger partial charge on any atom is 0.0506 e. The van der Waals surface area contributed by atoms with Gasteiger partial charge in [0.25, 0.3) is 0 Å². The zero-order chi connectivity index (χ0) is 11.3. The summed E-state index contributed by atoms with van der Waals surface area (Å²) in [6, 6.07) is 8.23. The molecule has 80 valence electrons. The largest absolute Gasteiger partial charge is 0.326 e. The summed E-state index contributed by atoms with van der Waals surface area (Å²) < 4.78 is 0. The second-order valence-corrected chi connectivity index (χ2v) is 3.99. The SMILES string of the molecule is C=N/C(C)=C(\SC)c1ccc(CN)cc1. The van der Waals surface area contributed by atoms with Crippen molar-refractivity contribution in [1.82, 2.24) is 0 Å². The fraction of sp³-hybridized carbons (Fsp3) is 0.250. The summed E-state index contributed by atoms with van der Waals surface area (Å²) in [5.74, 6) is 0. The Morgan fingerprint density at radius 1 is 1.40 bits per heavy atom. The Labute approximate surface area is 95.3 Å². The summed E-state index contributed by atoms with van der Waals surface area (Å²) in [5, 5.41) is 0. The van der Waals surface area contributed by atoms with Gasteiger partial charge in [0, 0.05) is 11.4 Å². The van der Waals surface area contributed by atoms with E-state index in [0.29, 0.717) is 6.54 Å². The van der Waals surface area contributed by atoms with Gasteiger partial charge in [0.1, 0.15) is 0 Å². The number of thioether (sulfide) groups is 1. The van der Waals surface area contributed by atoms with Gasteiger partial charge in [0.2, 0.25) is 0 Å². The van der Waals surface area contributed by atoms with Crippen molar-refractivity contribution in [2.75, 3.05) is 6.26 Å². The quantitative estimate of drug-likeness (QED) is 0.792. The fourth-order valence-corrected chi connectivity index (χ4v) is 2.07. The first-order chi connectivity index (χ1) is 7.22. The molecule has 2 nitrogen and oxygen atoms in total. The number of benzene rings is 1. The number of rotatable bonds is 4. The van der Waals surface area contributed by atoms with Gasteiger partial charge in [-0.3, -0.25) is 4.99 Å². The highest BCUT2D eigenvalue weighted by atomic mass is 32.2. The summed E-state index contributed by atoms with van der Waals surface area (Å²) >= 11 is 1.68. The maximum atomic E-state index is 5.55. The van der Waals surface area contributed by atoms with Crippen LogP contribution in [0.25, 0.3) is 4.91 Å². The van der Waals surface area contributed by atoms with Crippen molar-refractivity contribution in [3.63, 3.8) is 0 Å². The predicted molar refractivity (Wildman–Crippen MR) is 70.0 cm³/mol. The van der Waals surface area contributed by atoms with E-state index in [9.17, 15) is 0 Å². The molecule has 0 atom stereocenters. The molecule has 3 heteroatoms. The van der Waals surface area contributed by atoms with Crippen LogP contribution < -0.4 is 5.73 Å². The van der Waals surface area contributed by atoms with Crippen molar-refractivity contribution in [2.24, 2.45) is 10.7 Å². The summed E-state index contributed by atoms with van der Waals surface area (Å²) in [6.07, 6.45) is 2.04. The molecule has 0 aliphatic heterocycles. The molecule has 0 saturated heterocycles. The molecule has 0 radical (unpaired) electrons. The Kier molecular flexibility index (Phi) is 4.59. The lowest BCUT2D eigenvalue weighted by molar-refractivity contribution is 1.07. The highest BCUT2D eigenvalue weighted by Gasteiger charge is 2.03. The van der Waals surface area contributed by atoms with E-state index >= 15 is 0 Å². The third-order valence-corrected chi connectivity index (χ3v) is 3.16. The van der Waals surface area contributed by atoms with Gasteiger partial charge in [-0.1, -0.05) is 24.3 Å². The van der Waals surface area contributed by atoms with Crippen LogP contribution in [0.3, 0.4) is 0 Å². The average Bonchev–Trinajstić information content (AvgIpc) is 2.30. The molecule has 0 spiro atoms. The minimum absolute atomic E-state index is 0.581. The lowest BCUT2D eigenvalue weighted by Gasteiger charge is -2.07. The van der Waals surface area contributed by atoms with Crippen LogP contribution in [0.2, 0.25) is 0 Å². The van der Waals surface area contributed by atoms with E-state index in [1.54, 1.807) is 11.8 Å². The second-order valence-electron chi connectivity index (χ2n) is 3.18. The van der Waals surface area contributed by atoms with E-state index in [-0.39, 0.29) is 0 Å². The van der Waals surface area contributed by atoms with Crippen LogP contribution in [0.4, 0.5) is 0 Å². The van der Waals surface area contributed by atoms with Gasteiger partial charge >= 0.3 is 0 Å². The normalized spacial score (nSPS) is 12.2. The molecular formula is C12H16N2S. The molecule has 0 bridgehead atoms. The summed E-state index contributed by atoms with van der Waals surface area (Å²) in [6.45, 7) is 6.10. The first-order valence-electron chi connectivity index (χ1n) is 4.74. The van der Waals surface area contributed by atoms with Crippen LogP contribution in [0.5, 0.6) is 0 Å². The lowest BCUT2D eigenvalue weighted by atomic mass is 10.1. The van der Waals surface area contributed by atoms with Gasteiger partial charge < -0.3 is 5.73 Å². The molecule has 1 rings (SSSR count). The highest BCUT2D eigenvalue weighted by molar-refractivity contribution is 8.07. The van der Waals surface area contributed by atoms with Crippen molar-refractivity contribution in [1.29, 1.82) is 0 Å². The predicted octanol–water partition coefficient (Wildman–Crippen LogP) is 2.90. The number of hydrogen-bond donors (Lipinski definition) is 1. The fourth-order valence-electron chi connectivity index (χ4n) is 1.34. The molecule has 2 N–H and O–H groups in total.